The van der Waals surface area contributed by atoms with E-state index in [4.69, 9.17) is 10.1 Å². The van der Waals surface area contributed by atoms with Crippen LogP contribution in [0.4, 0.5) is 5.13 Å². The molecule has 1 aromatic carbocycles. The Bertz CT molecular complexity index is 959. The first-order chi connectivity index (χ1) is 15.0. The Balaban J connectivity index is 1.19. The Kier molecular flexibility index (Phi) is 5.99. The van der Waals surface area contributed by atoms with E-state index >= 15 is 0 Å². The summed E-state index contributed by atoms with van der Waals surface area (Å²) in [6, 6.07) is 8.76. The van der Waals surface area contributed by atoms with Gasteiger partial charge in [-0.1, -0.05) is 49.4 Å². The third-order valence-electron chi connectivity index (χ3n) is 6.90. The predicted molar refractivity (Wildman–Crippen MR) is 129 cm³/mol. The average molecular weight is 439 g/mol. The van der Waals surface area contributed by atoms with Crippen molar-refractivity contribution in [3.05, 3.63) is 36.0 Å². The van der Waals surface area contributed by atoms with Gasteiger partial charge in [-0.15, -0.1) is 5.10 Å². The summed E-state index contributed by atoms with van der Waals surface area (Å²) in [4.78, 5) is 13.4. The van der Waals surface area contributed by atoms with Crippen LogP contribution >= 0.6 is 11.3 Å². The number of nitrogens with zero attached hydrogens (tertiary/aromatic N) is 6. The number of rotatable bonds is 5. The summed E-state index contributed by atoms with van der Waals surface area (Å²) in [5.41, 5.74) is 3.52. The van der Waals surface area contributed by atoms with Crippen LogP contribution in [0.25, 0.3) is 16.2 Å². The third-order valence-corrected chi connectivity index (χ3v) is 7.89. The topological polar surface area (TPSA) is 39.9 Å². The molecule has 0 aliphatic carbocycles. The molecule has 166 valence electrons. The Hall–Kier alpha value is -1.96. The average Bonchev–Trinajstić information content (AvgIpc) is 3.35. The summed E-state index contributed by atoms with van der Waals surface area (Å²) in [5.74, 6) is 1.42. The second kappa shape index (κ2) is 8.88. The van der Waals surface area contributed by atoms with Gasteiger partial charge in [0.25, 0.3) is 0 Å². The maximum atomic E-state index is 4.85. The highest BCUT2D eigenvalue weighted by atomic mass is 32.1. The van der Waals surface area contributed by atoms with E-state index in [1.807, 2.05) is 4.52 Å². The van der Waals surface area contributed by atoms with Gasteiger partial charge in [-0.25, -0.2) is 9.50 Å². The molecule has 0 spiro atoms. The molecule has 2 aliphatic heterocycles. The number of imidazole rings is 1. The molecule has 0 bridgehead atoms. The van der Waals surface area contributed by atoms with E-state index in [0.717, 1.165) is 53.4 Å². The van der Waals surface area contributed by atoms with Crippen LogP contribution in [0.1, 0.15) is 38.2 Å². The van der Waals surface area contributed by atoms with Crippen LogP contribution in [0, 0.1) is 5.92 Å². The number of aromatic nitrogens is 3. The van der Waals surface area contributed by atoms with Crippen LogP contribution in [-0.2, 0) is 0 Å². The van der Waals surface area contributed by atoms with Gasteiger partial charge in [0.05, 0.1) is 11.9 Å². The smallest absolute Gasteiger partial charge is 0.214 e. The molecular formula is C24H34N6S. The minimum Gasteiger partial charge on any atom is -0.344 e. The number of fused-ring (bicyclic) bond motifs is 1. The van der Waals surface area contributed by atoms with Crippen molar-refractivity contribution in [3.63, 3.8) is 0 Å². The number of likely N-dealkylation sites (tertiary alicyclic amines) is 1. The predicted octanol–water partition coefficient (Wildman–Crippen LogP) is 4.05. The normalized spacial score (nSPS) is 19.7. The fourth-order valence-electron chi connectivity index (χ4n) is 4.73. The number of hydrogen-bond donors (Lipinski definition) is 0. The van der Waals surface area contributed by atoms with E-state index in [1.165, 1.54) is 38.0 Å². The lowest BCUT2D eigenvalue weighted by molar-refractivity contribution is 0.155. The molecule has 0 N–H and O–H groups in total. The molecule has 2 fully saturated rings. The molecule has 6 nitrogen and oxygen atoms in total. The Morgan fingerprint density at radius 3 is 2.35 bits per heavy atom. The zero-order valence-corrected chi connectivity index (χ0v) is 19.8. The largest absolute Gasteiger partial charge is 0.344 e. The molecule has 5 rings (SSSR count). The minimum atomic E-state index is 0.550. The highest BCUT2D eigenvalue weighted by molar-refractivity contribution is 7.20. The second-order valence-corrected chi connectivity index (χ2v) is 10.5. The van der Waals surface area contributed by atoms with Crippen molar-refractivity contribution >= 4 is 21.4 Å². The van der Waals surface area contributed by atoms with Gasteiger partial charge in [0, 0.05) is 38.3 Å². The maximum Gasteiger partial charge on any atom is 0.214 e. The first-order valence-electron chi connectivity index (χ1n) is 11.7. The van der Waals surface area contributed by atoms with E-state index in [2.05, 4.69) is 66.1 Å². The first-order valence-corrected chi connectivity index (χ1v) is 12.5. The Labute approximate surface area is 189 Å². The highest BCUT2D eigenvalue weighted by Gasteiger charge is 2.24. The zero-order chi connectivity index (χ0) is 21.4. The van der Waals surface area contributed by atoms with Crippen molar-refractivity contribution < 1.29 is 0 Å². The quantitative estimate of drug-likeness (QED) is 0.601. The summed E-state index contributed by atoms with van der Waals surface area (Å²) >= 11 is 1.71. The van der Waals surface area contributed by atoms with Gasteiger partial charge >= 0.3 is 0 Å². The van der Waals surface area contributed by atoms with E-state index < -0.39 is 0 Å². The van der Waals surface area contributed by atoms with E-state index in [-0.39, 0.29) is 0 Å². The minimum absolute atomic E-state index is 0.550. The molecule has 7 heteroatoms. The molecule has 0 unspecified atom stereocenters. The molecule has 31 heavy (non-hydrogen) atoms. The van der Waals surface area contributed by atoms with Crippen molar-refractivity contribution in [2.75, 3.05) is 57.8 Å². The van der Waals surface area contributed by atoms with Crippen molar-refractivity contribution in [1.82, 2.24) is 24.4 Å². The third kappa shape index (κ3) is 4.64. The lowest BCUT2D eigenvalue weighted by Gasteiger charge is -2.38. The Morgan fingerprint density at radius 2 is 1.71 bits per heavy atom. The number of piperidine rings is 1. The van der Waals surface area contributed by atoms with E-state index in [0.29, 0.717) is 5.92 Å². The van der Waals surface area contributed by atoms with Gasteiger partial charge in [-0.2, -0.15) is 0 Å². The molecule has 0 saturated carbocycles. The zero-order valence-electron chi connectivity index (χ0n) is 19.0. The first kappa shape index (κ1) is 20.9. The molecule has 0 atom stereocenters. The van der Waals surface area contributed by atoms with Gasteiger partial charge < -0.3 is 9.80 Å². The van der Waals surface area contributed by atoms with Crippen LogP contribution < -0.4 is 4.90 Å². The van der Waals surface area contributed by atoms with Crippen LogP contribution in [0.3, 0.4) is 0 Å². The molecule has 2 saturated heterocycles. The summed E-state index contributed by atoms with van der Waals surface area (Å²) in [6.45, 7) is 12.6. The van der Waals surface area contributed by atoms with Gasteiger partial charge in [0.15, 0.2) is 0 Å². The molecule has 2 aliphatic rings. The van der Waals surface area contributed by atoms with Crippen molar-refractivity contribution in [3.8, 4) is 11.3 Å². The lowest BCUT2D eigenvalue weighted by Crippen LogP contribution is -2.48. The van der Waals surface area contributed by atoms with Gasteiger partial charge in [-0.3, -0.25) is 4.90 Å². The van der Waals surface area contributed by atoms with Gasteiger partial charge in [-0.05, 0) is 50.4 Å². The standard InChI is InChI=1S/C24H34N6S/c1-18(2)20-4-6-21(7-5-20)22-17-30-23(25-22)31-24(26-30)29-14-12-28(13-15-29)16-19-8-10-27(3)11-9-19/h4-7,17-19H,8-16H2,1-3H3. The van der Waals surface area contributed by atoms with Crippen molar-refractivity contribution in [1.29, 1.82) is 0 Å². The SMILES string of the molecule is CC(C)c1ccc(-c2cn3nc(N4CCN(CC5CCN(C)CC5)CC4)sc3n2)cc1. The summed E-state index contributed by atoms with van der Waals surface area (Å²) in [5, 5.41) is 5.95. The Morgan fingerprint density at radius 1 is 1.00 bits per heavy atom. The summed E-state index contributed by atoms with van der Waals surface area (Å²) in [6.07, 6.45) is 4.77. The molecule has 3 aromatic rings. The fraction of sp³-hybridized carbons (Fsp3) is 0.583. The highest BCUT2D eigenvalue weighted by Crippen LogP contribution is 2.28. The number of hydrogen-bond acceptors (Lipinski definition) is 6. The number of anilines is 1. The monoisotopic (exact) mass is 438 g/mol. The second-order valence-electron chi connectivity index (χ2n) is 9.55. The molecule has 2 aromatic heterocycles. The fourth-order valence-corrected chi connectivity index (χ4v) is 5.66. The van der Waals surface area contributed by atoms with Crippen LogP contribution in [-0.4, -0.2) is 77.3 Å². The maximum absolute atomic E-state index is 4.85. The van der Waals surface area contributed by atoms with Gasteiger partial charge in [0.1, 0.15) is 0 Å². The molecule has 0 amide bonds. The van der Waals surface area contributed by atoms with E-state index in [1.54, 1.807) is 11.3 Å². The molecule has 0 radical (unpaired) electrons. The number of piperazine rings is 1. The van der Waals surface area contributed by atoms with Crippen LogP contribution in [0.15, 0.2) is 30.5 Å². The summed E-state index contributed by atoms with van der Waals surface area (Å²) < 4.78 is 1.95. The number of benzene rings is 1. The van der Waals surface area contributed by atoms with E-state index in [9.17, 15) is 0 Å². The molecular weight excluding hydrogens is 404 g/mol. The van der Waals surface area contributed by atoms with Crippen molar-refractivity contribution in [2.24, 2.45) is 5.92 Å². The van der Waals surface area contributed by atoms with Crippen LogP contribution in [0.2, 0.25) is 0 Å². The van der Waals surface area contributed by atoms with Gasteiger partial charge in [0.2, 0.25) is 10.1 Å². The lowest BCUT2D eigenvalue weighted by atomic mass is 9.96. The van der Waals surface area contributed by atoms with Crippen molar-refractivity contribution in [2.45, 2.75) is 32.6 Å². The summed E-state index contributed by atoms with van der Waals surface area (Å²) in [7, 11) is 2.24. The molecule has 4 heterocycles. The van der Waals surface area contributed by atoms with Crippen LogP contribution in [0.5, 0.6) is 0 Å².